The third-order valence-corrected chi connectivity index (χ3v) is 27.4. The normalized spacial score (nSPS) is 44.9. The minimum Gasteiger partial charge on any atom is -0.414 e. The van der Waals surface area contributed by atoms with Gasteiger partial charge in [0.15, 0.2) is 22.4 Å². The molecule has 7 unspecified atom stereocenters. The van der Waals surface area contributed by atoms with Gasteiger partial charge in [0.1, 0.15) is 36.3 Å². The molecule has 66 heavy (non-hydrogen) atoms. The van der Waals surface area contributed by atoms with Gasteiger partial charge in [-0.3, -0.25) is 4.79 Å². The second-order valence-corrected chi connectivity index (χ2v) is 34.7. The second-order valence-electron chi connectivity index (χ2n) is 25.1. The van der Waals surface area contributed by atoms with Gasteiger partial charge in [0.25, 0.3) is 0 Å². The number of carbonyl (C=O) groups is 1. The summed E-state index contributed by atoms with van der Waals surface area (Å²) in [6.07, 6.45) is 5.96. The first kappa shape index (κ1) is 50.1. The topological polar surface area (TPSA) is 119 Å². The maximum Gasteiger partial charge on any atom is 0.192 e. The standard InChI is InChI=1S/C52H86O12Si2/c1-29-21-33-15-17-38-30(2)22-35(56-38)19-20-52-27-43-46(62-52)47-48(61-43)49(63-52)45-39(60-47)18-16-34(58-45)23-32(53)24-37-41(26-40(57-33)31(29)3)59-42(44(37)54-10)25-36(64-66(13,14)51(7,8)9)28-55-65(11,12)50(4,5)6/h29,33-49H,2-3,15-28H2,1,4-14H3/t29-,33+,34-,35?,36?,37?,38+,39+,40-,41?,42-,43?,44-,45?,46+,47+,48?,49+,52+/m1/s1. The average Bonchev–Trinajstić information content (AvgIpc) is 3.90. The van der Waals surface area contributed by atoms with Gasteiger partial charge in [0.05, 0.1) is 73.8 Å². The molecule has 0 N–H and O–H groups in total. The molecular weight excluding hydrogens is 873 g/mol. The van der Waals surface area contributed by atoms with E-state index in [1.54, 1.807) is 7.11 Å². The first-order chi connectivity index (χ1) is 30.9. The molecule has 10 heterocycles. The summed E-state index contributed by atoms with van der Waals surface area (Å²) >= 11 is 0. The second kappa shape index (κ2) is 18.6. The predicted octanol–water partition coefficient (Wildman–Crippen LogP) is 9.53. The van der Waals surface area contributed by atoms with Crippen LogP contribution in [0.5, 0.6) is 0 Å². The van der Waals surface area contributed by atoms with E-state index in [4.69, 9.17) is 51.5 Å². The van der Waals surface area contributed by atoms with Crippen LogP contribution < -0.4 is 0 Å². The first-order valence-corrected chi connectivity index (χ1v) is 31.8. The summed E-state index contributed by atoms with van der Waals surface area (Å²) in [5, 5.41) is 0.0634. The van der Waals surface area contributed by atoms with Crippen LogP contribution in [0.2, 0.25) is 36.3 Å². The summed E-state index contributed by atoms with van der Waals surface area (Å²) < 4.78 is 76.0. The van der Waals surface area contributed by atoms with Crippen LogP contribution >= 0.6 is 0 Å². The monoisotopic (exact) mass is 959 g/mol. The fraction of sp³-hybridized carbons (Fsp3) is 0.904. The summed E-state index contributed by atoms with van der Waals surface area (Å²) in [7, 11) is -2.55. The SMILES string of the molecule is C=C1CC2CC[C@@]34CC5OC6[C@@H](O3)C3O[C@H](CC[C@@H]3O[C@H]6[C@H]5O4)CC(=O)CC3C(C[C@H]4O[C@@H](CC[C@@H]1O2)C[C@@H](C)C4=C)O[C@H](CC(CO[Si](C)(C)C(C)(C)C)O[Si](C)(C)C(C)(C)C)[C@@H]3OC. The zero-order chi connectivity index (χ0) is 47.3. The van der Waals surface area contributed by atoms with Gasteiger partial charge in [-0.25, -0.2) is 0 Å². The molecule has 1 spiro atoms. The van der Waals surface area contributed by atoms with Crippen LogP contribution in [0.4, 0.5) is 0 Å². The molecule has 374 valence electrons. The molecular formula is C52H86O12Si2. The van der Waals surface area contributed by atoms with Crippen LogP contribution in [0, 0.1) is 11.8 Å². The Balaban J connectivity index is 0.993. The molecule has 12 bridgehead atoms. The van der Waals surface area contributed by atoms with Gasteiger partial charge in [0.2, 0.25) is 0 Å². The maximum atomic E-state index is 14.6. The largest absolute Gasteiger partial charge is 0.414 e. The Bertz CT molecular complexity index is 1790. The van der Waals surface area contributed by atoms with Crippen molar-refractivity contribution >= 4 is 22.4 Å². The fourth-order valence-corrected chi connectivity index (χ4v) is 14.8. The molecule has 10 aliphatic heterocycles. The Hall–Kier alpha value is -0.856. The third kappa shape index (κ3) is 9.87. The van der Waals surface area contributed by atoms with Crippen molar-refractivity contribution in [1.82, 2.24) is 0 Å². The summed E-state index contributed by atoms with van der Waals surface area (Å²) in [5.41, 5.74) is 2.25. The van der Waals surface area contributed by atoms with E-state index in [0.29, 0.717) is 45.1 Å². The zero-order valence-corrected chi connectivity index (χ0v) is 44.6. The molecule has 12 nitrogen and oxygen atoms in total. The number of hydrogen-bond donors (Lipinski definition) is 0. The lowest BCUT2D eigenvalue weighted by atomic mass is 9.81. The van der Waals surface area contributed by atoms with E-state index in [9.17, 15) is 4.79 Å². The highest BCUT2D eigenvalue weighted by molar-refractivity contribution is 6.74. The number of rotatable bonds is 8. The smallest absolute Gasteiger partial charge is 0.192 e. The number of ketones is 1. The van der Waals surface area contributed by atoms with Crippen LogP contribution in [0.3, 0.4) is 0 Å². The average molecular weight is 959 g/mol. The molecule has 14 heteroatoms. The van der Waals surface area contributed by atoms with E-state index < -0.39 is 22.4 Å². The Morgan fingerprint density at radius 2 is 1.36 bits per heavy atom. The molecule has 0 aromatic carbocycles. The molecule has 19 atom stereocenters. The molecule has 10 rings (SSSR count). The van der Waals surface area contributed by atoms with E-state index in [1.165, 1.54) is 0 Å². The van der Waals surface area contributed by atoms with Crippen molar-refractivity contribution in [2.45, 2.75) is 272 Å². The Morgan fingerprint density at radius 1 is 0.697 bits per heavy atom. The van der Waals surface area contributed by atoms with Crippen molar-refractivity contribution in [3.8, 4) is 0 Å². The Kier molecular flexibility index (Phi) is 14.1. The minimum absolute atomic E-state index is 0.00884. The first-order valence-electron chi connectivity index (χ1n) is 25.9. The fourth-order valence-electron chi connectivity index (χ4n) is 12.4. The molecule has 0 saturated carbocycles. The van der Waals surface area contributed by atoms with Crippen molar-refractivity contribution in [3.63, 3.8) is 0 Å². The molecule has 0 aliphatic carbocycles. The third-order valence-electron chi connectivity index (χ3n) is 18.4. The highest BCUT2D eigenvalue weighted by Crippen LogP contribution is 2.55. The van der Waals surface area contributed by atoms with E-state index >= 15 is 0 Å². The molecule has 0 radical (unpaired) electrons. The van der Waals surface area contributed by atoms with Gasteiger partial charge < -0.3 is 51.5 Å². The number of Topliss-reactive ketones (excluding diaryl/α,β-unsaturated/α-hetero) is 1. The number of fused-ring (bicyclic) bond motifs is 6. The van der Waals surface area contributed by atoms with Gasteiger partial charge in [-0.1, -0.05) is 61.6 Å². The van der Waals surface area contributed by atoms with Crippen molar-refractivity contribution in [2.75, 3.05) is 13.7 Å². The van der Waals surface area contributed by atoms with Crippen molar-refractivity contribution in [2.24, 2.45) is 11.8 Å². The number of hydrogen-bond acceptors (Lipinski definition) is 12. The molecule has 10 saturated heterocycles. The van der Waals surface area contributed by atoms with E-state index in [1.807, 2.05) is 0 Å². The summed E-state index contributed by atoms with van der Waals surface area (Å²) in [6.45, 7) is 34.8. The van der Waals surface area contributed by atoms with Crippen molar-refractivity contribution < 1.29 is 56.3 Å². The maximum absolute atomic E-state index is 14.6. The molecule has 10 fully saturated rings. The highest BCUT2D eigenvalue weighted by Gasteiger charge is 2.69. The van der Waals surface area contributed by atoms with Crippen molar-refractivity contribution in [1.29, 1.82) is 0 Å². The van der Waals surface area contributed by atoms with Crippen LogP contribution in [0.25, 0.3) is 0 Å². The van der Waals surface area contributed by atoms with Crippen LogP contribution in [-0.4, -0.2) is 140 Å². The summed E-state index contributed by atoms with van der Waals surface area (Å²) in [5.74, 6) is -0.554. The molecule has 0 aromatic rings. The van der Waals surface area contributed by atoms with E-state index in [-0.39, 0.29) is 125 Å². The highest BCUT2D eigenvalue weighted by atomic mass is 28.4. The van der Waals surface area contributed by atoms with E-state index in [2.05, 4.69) is 87.8 Å². The molecule has 0 aromatic heterocycles. The molecule has 0 amide bonds. The number of ether oxygens (including phenoxy) is 9. The summed E-state index contributed by atoms with van der Waals surface area (Å²) in [6, 6.07) is 0. The van der Waals surface area contributed by atoms with Gasteiger partial charge >= 0.3 is 0 Å². The van der Waals surface area contributed by atoms with Crippen LogP contribution in [0.1, 0.15) is 132 Å². The van der Waals surface area contributed by atoms with Crippen LogP contribution in [0.15, 0.2) is 24.3 Å². The van der Waals surface area contributed by atoms with Crippen LogP contribution in [-0.2, 0) is 56.3 Å². The Labute approximate surface area is 398 Å². The lowest BCUT2D eigenvalue weighted by molar-refractivity contribution is -0.292. The van der Waals surface area contributed by atoms with Gasteiger partial charge in [0, 0.05) is 51.6 Å². The van der Waals surface area contributed by atoms with Gasteiger partial charge in [-0.05, 0) is 98.3 Å². The lowest BCUT2D eigenvalue weighted by Crippen LogP contribution is -2.61. The summed E-state index contributed by atoms with van der Waals surface area (Å²) in [4.78, 5) is 14.6. The number of carbonyl (C=O) groups excluding carboxylic acids is 1. The quantitative estimate of drug-likeness (QED) is 0.170. The van der Waals surface area contributed by atoms with Gasteiger partial charge in [-0.15, -0.1) is 0 Å². The molecule has 10 aliphatic rings. The Morgan fingerprint density at radius 3 is 2.09 bits per heavy atom. The zero-order valence-electron chi connectivity index (χ0n) is 42.6. The lowest BCUT2D eigenvalue weighted by Gasteiger charge is -2.47. The van der Waals surface area contributed by atoms with E-state index in [0.717, 1.165) is 56.1 Å². The number of methoxy groups -OCH3 is 1. The minimum atomic E-state index is -2.22. The van der Waals surface area contributed by atoms with Crippen molar-refractivity contribution in [3.05, 3.63) is 24.3 Å². The van der Waals surface area contributed by atoms with Gasteiger partial charge in [-0.2, -0.15) is 0 Å². The predicted molar refractivity (Wildman–Crippen MR) is 256 cm³/mol.